The molecule has 2 amide bonds. The smallest absolute Gasteiger partial charge is 0.350 e. The van der Waals surface area contributed by atoms with Crippen molar-refractivity contribution < 1.29 is 32.2 Å². The largest absolute Gasteiger partial charge is 0.448 e. The highest BCUT2D eigenvalue weighted by molar-refractivity contribution is 14.1. The lowest BCUT2D eigenvalue weighted by Crippen LogP contribution is -2.43. The van der Waals surface area contributed by atoms with Crippen molar-refractivity contribution in [1.82, 2.24) is 5.32 Å². The summed E-state index contributed by atoms with van der Waals surface area (Å²) in [7, 11) is 0. The van der Waals surface area contributed by atoms with Gasteiger partial charge in [0.2, 0.25) is 0 Å². The highest BCUT2D eigenvalue weighted by atomic mass is 127. The quantitative estimate of drug-likeness (QED) is 0.273. The van der Waals surface area contributed by atoms with E-state index >= 15 is 0 Å². The third-order valence-electron chi connectivity index (χ3n) is 6.12. The molecule has 0 aliphatic carbocycles. The minimum absolute atomic E-state index is 0.139. The summed E-state index contributed by atoms with van der Waals surface area (Å²) < 4.78 is 54.6. The maximum atomic E-state index is 14.4. The second kappa shape index (κ2) is 11.4. The van der Waals surface area contributed by atoms with Gasteiger partial charge in [-0.3, -0.25) is 9.59 Å². The van der Waals surface area contributed by atoms with Crippen molar-refractivity contribution in [2.75, 3.05) is 11.9 Å². The number of carbonyl (C=O) groups excluding carboxylic acids is 2. The Labute approximate surface area is 242 Å². The molecule has 3 aromatic rings. The molecule has 3 aromatic carbocycles. The van der Waals surface area contributed by atoms with E-state index in [4.69, 9.17) is 21.1 Å². The first-order chi connectivity index (χ1) is 18.3. The molecule has 4 rings (SSSR count). The number of hydrogen-bond donors (Lipinski definition) is 2. The summed E-state index contributed by atoms with van der Waals surface area (Å²) in [6, 6.07) is 14.9. The van der Waals surface area contributed by atoms with Crippen molar-refractivity contribution in [3.63, 3.8) is 0 Å². The number of amides is 2. The Bertz CT molecular complexity index is 1400. The molecule has 2 unspecified atom stereocenters. The van der Waals surface area contributed by atoms with Crippen LogP contribution in [0.3, 0.4) is 0 Å². The number of alkyl halides is 3. The van der Waals surface area contributed by atoms with E-state index < -0.39 is 29.9 Å². The summed E-state index contributed by atoms with van der Waals surface area (Å²) in [6.45, 7) is 4.87. The minimum Gasteiger partial charge on any atom is -0.350 e. The van der Waals surface area contributed by atoms with E-state index in [1.807, 2.05) is 36.4 Å². The highest BCUT2D eigenvalue weighted by Gasteiger charge is 2.63. The second-order valence-electron chi connectivity index (χ2n) is 9.36. The van der Waals surface area contributed by atoms with E-state index in [9.17, 15) is 22.8 Å². The van der Waals surface area contributed by atoms with Crippen LogP contribution in [0.15, 0.2) is 60.7 Å². The van der Waals surface area contributed by atoms with E-state index in [0.717, 1.165) is 0 Å². The van der Waals surface area contributed by atoms with Gasteiger partial charge in [-0.05, 0) is 90.9 Å². The van der Waals surface area contributed by atoms with Crippen LogP contribution in [0.2, 0.25) is 5.02 Å². The molecule has 0 bridgehead atoms. The van der Waals surface area contributed by atoms with Crippen molar-refractivity contribution in [2.45, 2.75) is 44.9 Å². The third kappa shape index (κ3) is 6.08. The van der Waals surface area contributed by atoms with Gasteiger partial charge in [0.15, 0.2) is 0 Å². The maximum Gasteiger partial charge on any atom is 0.448 e. The molecule has 39 heavy (non-hydrogen) atoms. The lowest BCUT2D eigenvalue weighted by Gasteiger charge is -2.31. The zero-order valence-electron chi connectivity index (χ0n) is 21.2. The Morgan fingerprint density at radius 2 is 1.77 bits per heavy atom. The molecule has 0 saturated carbocycles. The zero-order valence-corrected chi connectivity index (χ0v) is 24.1. The first kappa shape index (κ1) is 29.3. The predicted molar refractivity (Wildman–Crippen MR) is 150 cm³/mol. The van der Waals surface area contributed by atoms with Gasteiger partial charge in [-0.15, -0.1) is 0 Å². The maximum absolute atomic E-state index is 14.4. The molecule has 11 heteroatoms. The zero-order chi connectivity index (χ0) is 28.5. The van der Waals surface area contributed by atoms with Crippen LogP contribution in [0.4, 0.5) is 18.9 Å². The molecule has 1 heterocycles. The monoisotopic (exact) mass is 672 g/mol. The van der Waals surface area contributed by atoms with E-state index in [0.29, 0.717) is 19.7 Å². The van der Waals surface area contributed by atoms with Crippen molar-refractivity contribution >= 4 is 51.7 Å². The molecule has 1 aliphatic rings. The average Bonchev–Trinajstić information content (AvgIpc) is 3.32. The van der Waals surface area contributed by atoms with Crippen molar-refractivity contribution in [3.05, 3.63) is 97.1 Å². The number of rotatable bonds is 6. The fourth-order valence-electron chi connectivity index (χ4n) is 4.24. The molecule has 2 N–H and O–H groups in total. The van der Waals surface area contributed by atoms with Crippen molar-refractivity contribution in [3.8, 4) is 0 Å². The van der Waals surface area contributed by atoms with Gasteiger partial charge >= 0.3 is 6.18 Å². The third-order valence-corrected chi connectivity index (χ3v) is 7.27. The number of aryl methyl sites for hydroxylation is 1. The number of halogens is 5. The summed E-state index contributed by atoms with van der Waals surface area (Å²) >= 11 is 7.88. The summed E-state index contributed by atoms with van der Waals surface area (Å²) in [5, 5.41) is 5.94. The van der Waals surface area contributed by atoms with Crippen LogP contribution in [0, 0.1) is 10.5 Å². The van der Waals surface area contributed by atoms with Crippen LogP contribution in [-0.2, 0) is 15.3 Å². The van der Waals surface area contributed by atoms with E-state index in [1.165, 1.54) is 24.3 Å². The molecular weight excluding hydrogens is 648 g/mol. The van der Waals surface area contributed by atoms with Gasteiger partial charge in [-0.2, -0.15) is 13.2 Å². The SMILES string of the molecule is Cc1cc(C2(C(F)(F)F)OCC(c3ccc(Cl)cc3)O2)ccc1NC(=O)c1cccc(I)c1C(=O)NC(C)C. The molecular formula is C28H25ClF3IN2O4. The van der Waals surface area contributed by atoms with Crippen LogP contribution in [0.5, 0.6) is 0 Å². The van der Waals surface area contributed by atoms with Crippen LogP contribution in [0.1, 0.15) is 57.4 Å². The van der Waals surface area contributed by atoms with Gasteiger partial charge in [0.25, 0.3) is 17.6 Å². The topological polar surface area (TPSA) is 76.7 Å². The molecule has 2 atom stereocenters. The molecule has 0 spiro atoms. The van der Waals surface area contributed by atoms with Gasteiger partial charge in [-0.25, -0.2) is 0 Å². The second-order valence-corrected chi connectivity index (χ2v) is 11.0. The molecule has 6 nitrogen and oxygen atoms in total. The van der Waals surface area contributed by atoms with E-state index in [2.05, 4.69) is 10.6 Å². The molecule has 1 aliphatic heterocycles. The Kier molecular flexibility index (Phi) is 8.60. The fourth-order valence-corrected chi connectivity index (χ4v) is 5.11. The van der Waals surface area contributed by atoms with Crippen molar-refractivity contribution in [1.29, 1.82) is 0 Å². The Hall–Kier alpha value is -2.67. The number of carbonyl (C=O) groups is 2. The minimum atomic E-state index is -4.88. The Balaban J connectivity index is 1.62. The lowest BCUT2D eigenvalue weighted by molar-refractivity contribution is -0.357. The summed E-state index contributed by atoms with van der Waals surface area (Å²) in [4.78, 5) is 25.9. The fraction of sp³-hybridized carbons (Fsp3) is 0.286. The van der Waals surface area contributed by atoms with E-state index in [-0.39, 0.29) is 35.0 Å². The summed E-state index contributed by atoms with van der Waals surface area (Å²) in [5.74, 6) is -3.95. The number of anilines is 1. The Morgan fingerprint density at radius 3 is 2.38 bits per heavy atom. The first-order valence-corrected chi connectivity index (χ1v) is 13.4. The van der Waals surface area contributed by atoms with Crippen LogP contribution in [0.25, 0.3) is 0 Å². The van der Waals surface area contributed by atoms with Gasteiger partial charge in [-0.1, -0.05) is 35.9 Å². The average molecular weight is 673 g/mol. The number of ether oxygens (including phenoxy) is 2. The molecule has 1 saturated heterocycles. The first-order valence-electron chi connectivity index (χ1n) is 12.0. The highest BCUT2D eigenvalue weighted by Crippen LogP contribution is 2.51. The van der Waals surface area contributed by atoms with E-state index in [1.54, 1.807) is 43.3 Å². The molecule has 1 fully saturated rings. The predicted octanol–water partition coefficient (Wildman–Crippen LogP) is 7.15. The molecule has 0 radical (unpaired) electrons. The van der Waals surface area contributed by atoms with Crippen LogP contribution >= 0.6 is 34.2 Å². The molecule has 206 valence electrons. The van der Waals surface area contributed by atoms with Gasteiger partial charge < -0.3 is 20.1 Å². The standard InChI is InChI=1S/C28H25ClF3IN2O4/c1-15(2)34-26(37)24-20(5-4-6-21(24)33)25(36)35-22-12-9-18(13-16(22)3)27(28(30,31)32)38-14-23(39-27)17-7-10-19(29)11-8-17/h4-13,15,23H,14H2,1-3H3,(H,34,37)(H,35,36). The summed E-state index contributed by atoms with van der Waals surface area (Å²) in [6.07, 6.45) is -5.84. The number of hydrogen-bond acceptors (Lipinski definition) is 4. The van der Waals surface area contributed by atoms with Gasteiger partial charge in [0.05, 0.1) is 17.7 Å². The number of nitrogens with one attached hydrogen (secondary N) is 2. The van der Waals surface area contributed by atoms with Crippen LogP contribution in [-0.4, -0.2) is 30.6 Å². The normalized spacial score (nSPS) is 19.3. The van der Waals surface area contributed by atoms with Gasteiger partial charge in [0.1, 0.15) is 6.10 Å². The number of benzene rings is 3. The van der Waals surface area contributed by atoms with Crippen molar-refractivity contribution in [2.24, 2.45) is 0 Å². The summed E-state index contributed by atoms with van der Waals surface area (Å²) in [5.41, 5.74) is 1.24. The lowest BCUT2D eigenvalue weighted by atomic mass is 10.0. The van der Waals surface area contributed by atoms with Crippen LogP contribution < -0.4 is 10.6 Å². The van der Waals surface area contributed by atoms with Gasteiger partial charge in [0, 0.05) is 25.9 Å². The molecule has 0 aromatic heterocycles. The Morgan fingerprint density at radius 1 is 1.08 bits per heavy atom.